The van der Waals surface area contributed by atoms with Crippen LogP contribution in [0.2, 0.25) is 0 Å². The van der Waals surface area contributed by atoms with Gasteiger partial charge in [-0.1, -0.05) is 12.5 Å². The highest BCUT2D eigenvalue weighted by molar-refractivity contribution is 5.98. The predicted octanol–water partition coefficient (Wildman–Crippen LogP) is 6.38. The molecule has 0 aromatic rings. The second-order valence-electron chi connectivity index (χ2n) is 9.96. The summed E-state index contributed by atoms with van der Waals surface area (Å²) >= 11 is 0. The first-order valence-corrected chi connectivity index (χ1v) is 11.1. The third kappa shape index (κ3) is 2.96. The van der Waals surface area contributed by atoms with Crippen LogP contribution in [0.15, 0.2) is 11.1 Å². The molecule has 4 aliphatic carbocycles. The van der Waals surface area contributed by atoms with Crippen LogP contribution in [0.5, 0.6) is 0 Å². The monoisotopic (exact) mass is 474 g/mol. The summed E-state index contributed by atoms with van der Waals surface area (Å²) in [6.45, 7) is 1.51. The average molecular weight is 474 g/mol. The molecule has 6 atom stereocenters. The van der Waals surface area contributed by atoms with Crippen molar-refractivity contribution >= 4 is 5.78 Å². The minimum Gasteiger partial charge on any atom is -0.383 e. The van der Waals surface area contributed by atoms with Crippen molar-refractivity contribution in [2.24, 2.45) is 29.1 Å². The number of carbonyl (C=O) groups excluding carboxylic acids is 1. The summed E-state index contributed by atoms with van der Waals surface area (Å²) in [5.41, 5.74) is -5.90. The summed E-state index contributed by atoms with van der Waals surface area (Å²) in [5, 5.41) is 10.9. The van der Waals surface area contributed by atoms with Crippen molar-refractivity contribution in [2.45, 2.75) is 88.6 Å². The molecule has 1 N–H and O–H groups in total. The van der Waals surface area contributed by atoms with Gasteiger partial charge in [-0.3, -0.25) is 4.79 Å². The third-order valence-electron chi connectivity index (χ3n) is 9.12. The standard InChI is InChI=1S/C22H26F8O2/c1-2-18-9-7-12-11-5-6-16(31)17(20(23,24)25)14(11)4-3-13(12)15(18)8-10-19(18,32)21(26,27)22(28,29)30/h11-13,15,32H,2-10H2,1H3/t11-,12-,13-,15+,18+,19+/m1/s1. The molecule has 0 aliphatic heterocycles. The largest absolute Gasteiger partial charge is 0.456 e. The number of aliphatic hydroxyl groups is 1. The fraction of sp³-hybridized carbons (Fsp3) is 0.864. The summed E-state index contributed by atoms with van der Waals surface area (Å²) in [7, 11) is 0. The highest BCUT2D eigenvalue weighted by Gasteiger charge is 2.79. The van der Waals surface area contributed by atoms with Crippen molar-refractivity contribution < 1.29 is 45.0 Å². The second kappa shape index (κ2) is 7.15. The Bertz CT molecular complexity index is 829. The van der Waals surface area contributed by atoms with Crippen LogP contribution in [0.3, 0.4) is 0 Å². The van der Waals surface area contributed by atoms with Gasteiger partial charge < -0.3 is 5.11 Å². The Morgan fingerprint density at radius 1 is 0.906 bits per heavy atom. The average Bonchev–Trinajstić information content (AvgIpc) is 3.00. The number of carbonyl (C=O) groups is 1. The molecule has 182 valence electrons. The van der Waals surface area contributed by atoms with E-state index in [2.05, 4.69) is 0 Å². The Morgan fingerprint density at radius 3 is 2.12 bits per heavy atom. The lowest BCUT2D eigenvalue weighted by Crippen LogP contribution is -2.66. The van der Waals surface area contributed by atoms with Crippen LogP contribution in [0.25, 0.3) is 0 Å². The molecule has 0 radical (unpaired) electrons. The number of allylic oxidation sites excluding steroid dienone is 1. The van der Waals surface area contributed by atoms with Crippen molar-refractivity contribution in [1.82, 2.24) is 0 Å². The molecule has 0 aromatic heterocycles. The Morgan fingerprint density at radius 2 is 1.56 bits per heavy atom. The topological polar surface area (TPSA) is 37.3 Å². The van der Waals surface area contributed by atoms with Gasteiger partial charge in [0.15, 0.2) is 5.78 Å². The van der Waals surface area contributed by atoms with E-state index in [1.54, 1.807) is 0 Å². The van der Waals surface area contributed by atoms with Gasteiger partial charge in [-0.2, -0.15) is 35.1 Å². The smallest absolute Gasteiger partial charge is 0.383 e. The van der Waals surface area contributed by atoms with Gasteiger partial charge in [-0.25, -0.2) is 0 Å². The quantitative estimate of drug-likeness (QED) is 0.472. The Labute approximate surface area is 180 Å². The first-order chi connectivity index (χ1) is 14.6. The number of ketones is 1. The molecule has 3 saturated carbocycles. The van der Waals surface area contributed by atoms with Gasteiger partial charge in [0.25, 0.3) is 0 Å². The molecule has 0 heterocycles. The minimum atomic E-state index is -5.90. The molecule has 0 saturated heterocycles. The van der Waals surface area contributed by atoms with Crippen molar-refractivity contribution in [3.63, 3.8) is 0 Å². The summed E-state index contributed by atoms with van der Waals surface area (Å²) in [4.78, 5) is 12.0. The maximum Gasteiger partial charge on any atom is 0.456 e. The summed E-state index contributed by atoms with van der Waals surface area (Å²) in [6, 6.07) is 0. The number of rotatable bonds is 2. The van der Waals surface area contributed by atoms with E-state index in [1.165, 1.54) is 6.92 Å². The van der Waals surface area contributed by atoms with E-state index in [-0.39, 0.29) is 68.8 Å². The van der Waals surface area contributed by atoms with E-state index in [9.17, 15) is 45.0 Å². The Balaban J connectivity index is 1.72. The van der Waals surface area contributed by atoms with Gasteiger partial charge >= 0.3 is 18.3 Å². The first kappa shape index (κ1) is 24.0. The second-order valence-corrected chi connectivity index (χ2v) is 9.96. The van der Waals surface area contributed by atoms with Crippen LogP contribution in [0.4, 0.5) is 35.1 Å². The lowest BCUT2D eigenvalue weighted by molar-refractivity contribution is -0.365. The van der Waals surface area contributed by atoms with Gasteiger partial charge in [-0.15, -0.1) is 0 Å². The van der Waals surface area contributed by atoms with Crippen molar-refractivity contribution in [2.75, 3.05) is 0 Å². The lowest BCUT2D eigenvalue weighted by Gasteiger charge is -2.58. The summed E-state index contributed by atoms with van der Waals surface area (Å²) < 4.78 is 110. The van der Waals surface area contributed by atoms with Crippen LogP contribution in [-0.2, 0) is 4.79 Å². The number of hydrogen-bond donors (Lipinski definition) is 1. The van der Waals surface area contributed by atoms with E-state index in [1.807, 2.05) is 0 Å². The van der Waals surface area contributed by atoms with Crippen LogP contribution in [0, 0.1) is 29.1 Å². The molecule has 0 spiro atoms. The maximum atomic E-state index is 14.6. The Kier molecular flexibility index (Phi) is 5.35. The molecular formula is C22H26F8O2. The number of alkyl halides is 8. The molecule has 4 rings (SSSR count). The molecule has 0 amide bonds. The van der Waals surface area contributed by atoms with E-state index < -0.39 is 58.9 Å². The minimum absolute atomic E-state index is 0.0171. The molecule has 4 aliphatic rings. The zero-order valence-corrected chi connectivity index (χ0v) is 17.6. The molecule has 0 bridgehead atoms. The van der Waals surface area contributed by atoms with Gasteiger partial charge in [0.1, 0.15) is 5.60 Å². The van der Waals surface area contributed by atoms with Gasteiger partial charge in [0.05, 0.1) is 5.57 Å². The normalized spacial score (nSPS) is 40.8. The Hall–Kier alpha value is -1.19. The van der Waals surface area contributed by atoms with Crippen molar-refractivity contribution in [3.05, 3.63) is 11.1 Å². The molecule has 0 unspecified atom stereocenters. The van der Waals surface area contributed by atoms with E-state index >= 15 is 0 Å². The maximum absolute atomic E-state index is 14.6. The molecule has 0 aromatic carbocycles. The first-order valence-electron chi connectivity index (χ1n) is 11.1. The lowest BCUT2D eigenvalue weighted by atomic mass is 9.48. The molecular weight excluding hydrogens is 448 g/mol. The third-order valence-corrected chi connectivity index (χ3v) is 9.12. The van der Waals surface area contributed by atoms with E-state index in [0.29, 0.717) is 0 Å². The van der Waals surface area contributed by atoms with Crippen LogP contribution < -0.4 is 0 Å². The van der Waals surface area contributed by atoms with Crippen LogP contribution in [-0.4, -0.2) is 34.8 Å². The highest BCUT2D eigenvalue weighted by Crippen LogP contribution is 2.70. The van der Waals surface area contributed by atoms with Gasteiger partial charge in [-0.05, 0) is 75.0 Å². The number of Topliss-reactive ketones (excluding diaryl/α,β-unsaturated/α-hetero) is 1. The fourth-order valence-corrected chi connectivity index (χ4v) is 7.89. The number of hydrogen-bond acceptors (Lipinski definition) is 2. The molecule has 10 heteroatoms. The summed E-state index contributed by atoms with van der Waals surface area (Å²) in [5.74, 6) is -8.01. The van der Waals surface area contributed by atoms with Gasteiger partial charge in [0, 0.05) is 11.8 Å². The molecule has 2 nitrogen and oxygen atoms in total. The zero-order valence-electron chi connectivity index (χ0n) is 17.6. The fourth-order valence-electron chi connectivity index (χ4n) is 7.89. The van der Waals surface area contributed by atoms with Gasteiger partial charge in [0.2, 0.25) is 0 Å². The number of fused-ring (bicyclic) bond motifs is 5. The molecule has 3 fully saturated rings. The highest BCUT2D eigenvalue weighted by atomic mass is 19.4. The van der Waals surface area contributed by atoms with Crippen LogP contribution in [0.1, 0.15) is 64.7 Å². The van der Waals surface area contributed by atoms with Crippen molar-refractivity contribution in [3.8, 4) is 0 Å². The number of halogens is 8. The zero-order chi connectivity index (χ0) is 23.9. The van der Waals surface area contributed by atoms with Crippen LogP contribution >= 0.6 is 0 Å². The predicted molar refractivity (Wildman–Crippen MR) is 97.7 cm³/mol. The SMILES string of the molecule is CC[C@]12CC[C@H]3[C@@H](CCC4=C(C(F)(F)F)C(=O)CC[C@@H]43)[C@@H]1CC[C@@]2(O)C(F)(F)C(F)(F)F. The molecule has 32 heavy (non-hydrogen) atoms. The summed E-state index contributed by atoms with van der Waals surface area (Å²) in [6.07, 6.45) is -11.2. The van der Waals surface area contributed by atoms with Crippen molar-refractivity contribution in [1.29, 1.82) is 0 Å². The van der Waals surface area contributed by atoms with E-state index in [4.69, 9.17) is 0 Å². The van der Waals surface area contributed by atoms with E-state index in [0.717, 1.165) is 0 Å².